The van der Waals surface area contributed by atoms with Gasteiger partial charge in [0.05, 0.1) is 25.0 Å². The number of unbranched alkanes of at least 4 members (excludes halogenated alkanes) is 1. The minimum absolute atomic E-state index is 0. The molecule has 1 fully saturated rings. The summed E-state index contributed by atoms with van der Waals surface area (Å²) >= 11 is 0. The SMILES string of the molecule is CC(C)CCOc1ccc2ccccc2c1-c1c(OCc2cn([C@H](CCCCN)C(=O)N[C@H](CCCN=C(N)N)Cn3cc(CC4CCCCC4)nn3)nn2)ccc2ccccc12.Cl.Cl. The molecule has 0 aliphatic heterocycles. The van der Waals surface area contributed by atoms with E-state index in [2.05, 4.69) is 105 Å². The van der Waals surface area contributed by atoms with Crippen molar-refractivity contribution < 1.29 is 14.3 Å². The molecule has 7 N–H and O–H groups in total. The number of aromatic nitrogens is 6. The van der Waals surface area contributed by atoms with Crippen LogP contribution in [0.15, 0.2) is 90.2 Å². The average Bonchev–Trinajstić information content (AvgIpc) is 3.95. The Balaban J connectivity index is 0.00000397. The van der Waals surface area contributed by atoms with E-state index in [1.165, 1.54) is 32.1 Å². The molecule has 1 aliphatic carbocycles. The van der Waals surface area contributed by atoms with E-state index in [0.29, 0.717) is 68.8 Å². The number of guanidine groups is 1. The van der Waals surface area contributed by atoms with Gasteiger partial charge in [-0.3, -0.25) is 14.5 Å². The first-order valence-corrected chi connectivity index (χ1v) is 22.9. The topological polar surface area (TPSA) is 199 Å². The summed E-state index contributed by atoms with van der Waals surface area (Å²) in [6, 6.07) is 24.1. The van der Waals surface area contributed by atoms with Gasteiger partial charge in [0, 0.05) is 29.9 Å². The zero-order chi connectivity index (χ0) is 44.0. The van der Waals surface area contributed by atoms with Crippen LogP contribution in [-0.4, -0.2) is 67.6 Å². The second-order valence-corrected chi connectivity index (χ2v) is 17.4. The Labute approximate surface area is 395 Å². The fourth-order valence-corrected chi connectivity index (χ4v) is 8.70. The molecule has 350 valence electrons. The highest BCUT2D eigenvalue weighted by molar-refractivity contribution is 6.09. The lowest BCUT2D eigenvalue weighted by atomic mass is 9.86. The standard InChI is InChI=1S/C49H65N11O3.2ClH/c1-34(2)25-28-62-44-23-21-36-15-6-8-18-41(36)46(44)47-42-19-9-7-16-37(42)22-24-45(47)63-33-40-32-60(58-56-40)43(20-10-11-26-50)48(61)54-38(17-12-27-53-49(51)52)30-59-31-39(55-57-59)29-35-13-4-3-5-14-35;;/h6-9,15-16,18-19,21-24,31-32,34-35,38,43H,3-5,10-14,17,20,25-30,33,50H2,1-2H3,(H,54,61)(H4,51,52,53);2*1H/t38-,43-;;/m1../s1. The first kappa shape index (κ1) is 50.6. The summed E-state index contributed by atoms with van der Waals surface area (Å²) in [5.41, 5.74) is 20.7. The van der Waals surface area contributed by atoms with Crippen molar-refractivity contribution >= 4 is 58.2 Å². The number of carbonyl (C=O) groups is 1. The smallest absolute Gasteiger partial charge is 0.245 e. The van der Waals surface area contributed by atoms with Crippen LogP contribution in [0.1, 0.15) is 102 Å². The summed E-state index contributed by atoms with van der Waals surface area (Å²) in [7, 11) is 0. The van der Waals surface area contributed by atoms with Crippen LogP contribution in [0.4, 0.5) is 0 Å². The predicted molar refractivity (Wildman–Crippen MR) is 265 cm³/mol. The van der Waals surface area contributed by atoms with Crippen LogP contribution in [0, 0.1) is 11.8 Å². The molecule has 0 radical (unpaired) electrons. The molecule has 65 heavy (non-hydrogen) atoms. The molecular weight excluding hydrogens is 862 g/mol. The Hall–Kier alpha value is -5.44. The number of amides is 1. The van der Waals surface area contributed by atoms with E-state index in [4.69, 9.17) is 26.7 Å². The number of rotatable bonds is 23. The van der Waals surface area contributed by atoms with Gasteiger partial charge in [-0.25, -0.2) is 4.68 Å². The number of benzene rings is 4. The van der Waals surface area contributed by atoms with Crippen molar-refractivity contribution in [1.29, 1.82) is 0 Å². The van der Waals surface area contributed by atoms with Crippen molar-refractivity contribution in [2.45, 2.75) is 116 Å². The summed E-state index contributed by atoms with van der Waals surface area (Å²) in [6.45, 7) is 6.60. The third kappa shape index (κ3) is 14.0. The zero-order valence-corrected chi connectivity index (χ0v) is 39.4. The maximum absolute atomic E-state index is 14.3. The molecule has 1 saturated carbocycles. The molecular formula is C49H67Cl2N11O3. The minimum Gasteiger partial charge on any atom is -0.493 e. The van der Waals surface area contributed by atoms with Gasteiger partial charge in [-0.1, -0.05) is 117 Å². The average molecular weight is 929 g/mol. The van der Waals surface area contributed by atoms with Crippen molar-refractivity contribution in [3.05, 3.63) is 96.6 Å². The van der Waals surface area contributed by atoms with Gasteiger partial charge < -0.3 is 32.0 Å². The Morgan fingerprint density at radius 2 is 1.45 bits per heavy atom. The monoisotopic (exact) mass is 927 g/mol. The number of aliphatic imine (C=N–C) groups is 1. The van der Waals surface area contributed by atoms with Crippen molar-refractivity contribution in [2.75, 3.05) is 19.7 Å². The first-order valence-electron chi connectivity index (χ1n) is 22.9. The van der Waals surface area contributed by atoms with E-state index in [1.807, 2.05) is 29.2 Å². The van der Waals surface area contributed by atoms with Gasteiger partial charge >= 0.3 is 0 Å². The van der Waals surface area contributed by atoms with Gasteiger partial charge in [0.2, 0.25) is 5.91 Å². The highest BCUT2D eigenvalue weighted by Gasteiger charge is 2.26. The Morgan fingerprint density at radius 1 is 0.785 bits per heavy atom. The van der Waals surface area contributed by atoms with Gasteiger partial charge in [0.1, 0.15) is 29.8 Å². The molecule has 16 heteroatoms. The van der Waals surface area contributed by atoms with Crippen LogP contribution in [0.2, 0.25) is 0 Å². The third-order valence-electron chi connectivity index (χ3n) is 12.0. The molecule has 6 aromatic rings. The number of nitrogens with two attached hydrogens (primary N) is 3. The molecule has 0 spiro atoms. The van der Waals surface area contributed by atoms with Crippen molar-refractivity contribution in [1.82, 2.24) is 35.3 Å². The van der Waals surface area contributed by atoms with Gasteiger partial charge in [-0.15, -0.1) is 35.0 Å². The Morgan fingerprint density at radius 3 is 2.11 bits per heavy atom. The summed E-state index contributed by atoms with van der Waals surface area (Å²) in [4.78, 5) is 18.5. The van der Waals surface area contributed by atoms with E-state index in [9.17, 15) is 4.79 Å². The lowest BCUT2D eigenvalue weighted by Gasteiger charge is -2.23. The Bertz CT molecular complexity index is 2430. The van der Waals surface area contributed by atoms with Crippen LogP contribution >= 0.6 is 24.8 Å². The Kier molecular flexibility index (Phi) is 19.7. The number of nitrogens with one attached hydrogen (secondary N) is 1. The number of nitrogens with zero attached hydrogens (tertiary/aromatic N) is 7. The number of fused-ring (bicyclic) bond motifs is 2. The maximum atomic E-state index is 14.3. The molecule has 4 aromatic carbocycles. The summed E-state index contributed by atoms with van der Waals surface area (Å²) in [5, 5.41) is 25.7. The van der Waals surface area contributed by atoms with E-state index >= 15 is 0 Å². The lowest BCUT2D eigenvalue weighted by Crippen LogP contribution is -2.42. The van der Waals surface area contributed by atoms with E-state index in [0.717, 1.165) is 69.8 Å². The summed E-state index contributed by atoms with van der Waals surface area (Å²) in [5.74, 6) is 2.56. The molecule has 2 heterocycles. The number of carbonyl (C=O) groups excluding carboxylic acids is 1. The normalized spacial score (nSPS) is 13.8. The number of ether oxygens (including phenoxy) is 2. The van der Waals surface area contributed by atoms with E-state index in [-0.39, 0.29) is 49.3 Å². The highest BCUT2D eigenvalue weighted by atomic mass is 35.5. The van der Waals surface area contributed by atoms with Crippen LogP contribution in [0.5, 0.6) is 11.5 Å². The molecule has 0 bridgehead atoms. The number of halogens is 2. The van der Waals surface area contributed by atoms with Gasteiger partial charge in [-0.05, 0) is 97.0 Å². The number of hydrogen-bond acceptors (Lipinski definition) is 9. The molecule has 2 aromatic heterocycles. The van der Waals surface area contributed by atoms with Crippen LogP contribution in [0.25, 0.3) is 32.7 Å². The van der Waals surface area contributed by atoms with E-state index < -0.39 is 6.04 Å². The zero-order valence-electron chi connectivity index (χ0n) is 37.8. The predicted octanol–water partition coefficient (Wildman–Crippen LogP) is 8.72. The summed E-state index contributed by atoms with van der Waals surface area (Å²) in [6.07, 6.45) is 15.4. The molecule has 0 unspecified atom stereocenters. The molecule has 1 amide bonds. The van der Waals surface area contributed by atoms with Crippen molar-refractivity contribution in [2.24, 2.45) is 34.0 Å². The van der Waals surface area contributed by atoms with Crippen molar-refractivity contribution in [3.63, 3.8) is 0 Å². The van der Waals surface area contributed by atoms with Gasteiger partial charge in [0.25, 0.3) is 0 Å². The van der Waals surface area contributed by atoms with Crippen molar-refractivity contribution in [3.8, 4) is 22.6 Å². The molecule has 0 saturated heterocycles. The molecule has 1 aliphatic rings. The molecule has 2 atom stereocenters. The van der Waals surface area contributed by atoms with Gasteiger partial charge in [-0.2, -0.15) is 0 Å². The third-order valence-corrected chi connectivity index (χ3v) is 12.0. The second kappa shape index (κ2) is 25.3. The fraction of sp³-hybridized carbons (Fsp3) is 0.469. The minimum atomic E-state index is -0.618. The van der Waals surface area contributed by atoms with Crippen LogP contribution in [0.3, 0.4) is 0 Å². The number of hydrogen-bond donors (Lipinski definition) is 4. The van der Waals surface area contributed by atoms with Crippen LogP contribution in [-0.2, 0) is 24.4 Å². The second-order valence-electron chi connectivity index (χ2n) is 17.4. The molecule has 14 nitrogen and oxygen atoms in total. The summed E-state index contributed by atoms with van der Waals surface area (Å²) < 4.78 is 16.8. The van der Waals surface area contributed by atoms with Gasteiger partial charge in [0.15, 0.2) is 5.96 Å². The lowest BCUT2D eigenvalue weighted by molar-refractivity contribution is -0.125. The van der Waals surface area contributed by atoms with Crippen LogP contribution < -0.4 is 32.0 Å². The highest BCUT2D eigenvalue weighted by Crippen LogP contribution is 2.46. The quantitative estimate of drug-likeness (QED) is 0.0274. The first-order chi connectivity index (χ1) is 30.7. The maximum Gasteiger partial charge on any atom is 0.245 e. The fourth-order valence-electron chi connectivity index (χ4n) is 8.70. The van der Waals surface area contributed by atoms with E-state index in [1.54, 1.807) is 4.68 Å². The molecule has 7 rings (SSSR count). The largest absolute Gasteiger partial charge is 0.493 e.